The van der Waals surface area contributed by atoms with E-state index in [0.717, 1.165) is 11.1 Å². The van der Waals surface area contributed by atoms with Crippen molar-refractivity contribution in [3.63, 3.8) is 0 Å². The van der Waals surface area contributed by atoms with E-state index in [9.17, 15) is 18.0 Å². The summed E-state index contributed by atoms with van der Waals surface area (Å²) in [5, 5.41) is 2.69. The predicted octanol–water partition coefficient (Wildman–Crippen LogP) is 2.35. The highest BCUT2D eigenvalue weighted by atomic mass is 32.2. The molecule has 0 aliphatic heterocycles. The Hall–Kier alpha value is -2.65. The highest BCUT2D eigenvalue weighted by molar-refractivity contribution is 7.89. The summed E-state index contributed by atoms with van der Waals surface area (Å²) in [6.45, 7) is 8.34. The Morgan fingerprint density at radius 2 is 1.76 bits per heavy atom. The van der Waals surface area contributed by atoms with Crippen molar-refractivity contribution in [2.45, 2.75) is 39.5 Å². The average molecular weight is 422 g/mol. The lowest BCUT2D eigenvalue weighted by Crippen LogP contribution is -2.34. The third kappa shape index (κ3) is 4.86. The Morgan fingerprint density at radius 3 is 2.34 bits per heavy atom. The minimum atomic E-state index is -4.12. The summed E-state index contributed by atoms with van der Waals surface area (Å²) in [7, 11) is -2.46. The third-order valence-corrected chi connectivity index (χ3v) is 6.31. The number of ether oxygens (including phenoxy) is 1. The average Bonchev–Trinajstić information content (AvgIpc) is 2.87. The van der Waals surface area contributed by atoms with Crippen LogP contribution in [-0.2, 0) is 26.6 Å². The molecule has 0 saturated carbocycles. The molecule has 0 fully saturated rings. The molecule has 0 aliphatic rings. The summed E-state index contributed by atoms with van der Waals surface area (Å²) >= 11 is 0. The van der Waals surface area contributed by atoms with Crippen molar-refractivity contribution in [3.05, 3.63) is 46.3 Å². The number of aromatic nitrogens is 1. The van der Waals surface area contributed by atoms with Crippen LogP contribution in [0.1, 0.15) is 39.8 Å². The van der Waals surface area contributed by atoms with Crippen molar-refractivity contribution in [2.75, 3.05) is 18.5 Å². The molecule has 0 radical (unpaired) electrons. The molecule has 158 valence electrons. The maximum atomic E-state index is 12.9. The van der Waals surface area contributed by atoms with Gasteiger partial charge in [-0.3, -0.25) is 4.79 Å². The molecular formula is C20H27N3O5S. The van der Waals surface area contributed by atoms with Crippen LogP contribution in [-0.4, -0.2) is 38.0 Å². The summed E-state index contributed by atoms with van der Waals surface area (Å²) in [6, 6.07) is 5.54. The third-order valence-electron chi connectivity index (χ3n) is 4.75. The molecule has 9 heteroatoms. The number of esters is 1. The van der Waals surface area contributed by atoms with Crippen molar-refractivity contribution in [1.29, 1.82) is 0 Å². The first-order valence-corrected chi connectivity index (χ1v) is 10.7. The Balaban J connectivity index is 2.24. The van der Waals surface area contributed by atoms with E-state index in [0.29, 0.717) is 17.1 Å². The number of benzene rings is 1. The normalized spacial score (nSPS) is 11.4. The highest BCUT2D eigenvalue weighted by Crippen LogP contribution is 2.27. The van der Waals surface area contributed by atoms with Crippen LogP contribution in [0, 0.1) is 27.7 Å². The van der Waals surface area contributed by atoms with E-state index >= 15 is 0 Å². The van der Waals surface area contributed by atoms with Crippen molar-refractivity contribution in [2.24, 2.45) is 7.05 Å². The van der Waals surface area contributed by atoms with Crippen LogP contribution >= 0.6 is 0 Å². The molecule has 0 saturated heterocycles. The molecule has 0 spiro atoms. The Labute approximate surface area is 171 Å². The molecule has 0 bridgehead atoms. The van der Waals surface area contributed by atoms with Gasteiger partial charge >= 0.3 is 5.97 Å². The molecule has 1 aromatic heterocycles. The van der Waals surface area contributed by atoms with Gasteiger partial charge in [-0.2, -0.15) is 0 Å². The van der Waals surface area contributed by atoms with Crippen LogP contribution in [0.3, 0.4) is 0 Å². The second-order valence-electron chi connectivity index (χ2n) is 6.85. The van der Waals surface area contributed by atoms with Crippen LogP contribution in [0.5, 0.6) is 0 Å². The lowest BCUT2D eigenvalue weighted by molar-refractivity contribution is -0.115. The molecule has 2 aromatic rings. The molecule has 1 aromatic carbocycles. The van der Waals surface area contributed by atoms with Gasteiger partial charge in [-0.15, -0.1) is 0 Å². The maximum absolute atomic E-state index is 12.9. The van der Waals surface area contributed by atoms with Gasteiger partial charge in [0.25, 0.3) is 0 Å². The number of rotatable bonds is 7. The number of aryl methyl sites for hydroxylation is 2. The summed E-state index contributed by atoms with van der Waals surface area (Å²) in [5.41, 5.74) is 3.38. The minimum absolute atomic E-state index is 0.0193. The van der Waals surface area contributed by atoms with Gasteiger partial charge < -0.3 is 14.6 Å². The number of anilines is 1. The number of nitrogens with one attached hydrogen (secondary N) is 2. The van der Waals surface area contributed by atoms with Crippen molar-refractivity contribution < 1.29 is 22.7 Å². The number of hydrogen-bond acceptors (Lipinski definition) is 5. The molecule has 8 nitrogen and oxygen atoms in total. The monoisotopic (exact) mass is 421 g/mol. The Bertz CT molecular complexity index is 1050. The molecule has 0 unspecified atom stereocenters. The summed E-state index contributed by atoms with van der Waals surface area (Å²) in [5.74, 6) is -1.22. The molecule has 2 rings (SSSR count). The molecule has 0 aliphatic carbocycles. The van der Waals surface area contributed by atoms with Gasteiger partial charge in [-0.05, 0) is 46.2 Å². The van der Waals surface area contributed by atoms with E-state index in [-0.39, 0.29) is 17.1 Å². The fraction of sp³-hybridized carbons (Fsp3) is 0.400. The fourth-order valence-corrected chi connectivity index (χ4v) is 4.56. The Morgan fingerprint density at radius 1 is 1.10 bits per heavy atom. The molecular weight excluding hydrogens is 394 g/mol. The lowest BCUT2D eigenvalue weighted by Gasteiger charge is -2.11. The first-order valence-electron chi connectivity index (χ1n) is 9.19. The van der Waals surface area contributed by atoms with Crippen molar-refractivity contribution in [1.82, 2.24) is 9.29 Å². The van der Waals surface area contributed by atoms with E-state index < -0.39 is 28.4 Å². The largest absolute Gasteiger partial charge is 0.462 e. The van der Waals surface area contributed by atoms with E-state index in [1.54, 1.807) is 38.5 Å². The molecule has 1 amide bonds. The highest BCUT2D eigenvalue weighted by Gasteiger charge is 2.31. The summed E-state index contributed by atoms with van der Waals surface area (Å²) < 4.78 is 34.7. The van der Waals surface area contributed by atoms with Crippen molar-refractivity contribution >= 4 is 27.6 Å². The first-order chi connectivity index (χ1) is 13.5. The topological polar surface area (TPSA) is 106 Å². The standard InChI is InChI=1S/C20H27N3O5S/c1-7-28-20(25)18-14(4)23(6)15(5)19(18)29(26,27)21-11-17(24)22-16-9-8-12(2)10-13(16)3/h8-10,21H,7,11H2,1-6H3,(H,22,24). The van der Waals surface area contributed by atoms with Gasteiger partial charge in [0.05, 0.1) is 13.2 Å². The minimum Gasteiger partial charge on any atom is -0.462 e. The van der Waals surface area contributed by atoms with E-state index in [1.807, 2.05) is 26.0 Å². The predicted molar refractivity (Wildman–Crippen MR) is 111 cm³/mol. The molecule has 1 heterocycles. The van der Waals surface area contributed by atoms with Gasteiger partial charge in [0.1, 0.15) is 10.5 Å². The Kier molecular flexibility index (Phi) is 6.86. The van der Waals surface area contributed by atoms with Gasteiger partial charge in [0.15, 0.2) is 0 Å². The number of carbonyl (C=O) groups excluding carboxylic acids is 2. The second-order valence-corrected chi connectivity index (χ2v) is 8.55. The number of carbonyl (C=O) groups is 2. The van der Waals surface area contributed by atoms with E-state index in [1.165, 1.54) is 0 Å². The smallest absolute Gasteiger partial charge is 0.341 e. The summed E-state index contributed by atoms with van der Waals surface area (Å²) in [6.07, 6.45) is 0. The van der Waals surface area contributed by atoms with E-state index in [2.05, 4.69) is 10.0 Å². The molecule has 2 N–H and O–H groups in total. The zero-order chi connectivity index (χ0) is 21.9. The number of nitrogens with zero attached hydrogens (tertiary/aromatic N) is 1. The zero-order valence-electron chi connectivity index (χ0n) is 17.5. The SMILES string of the molecule is CCOC(=O)c1c(S(=O)(=O)NCC(=O)Nc2ccc(C)cc2C)c(C)n(C)c1C. The lowest BCUT2D eigenvalue weighted by atomic mass is 10.1. The van der Waals surface area contributed by atoms with Gasteiger partial charge in [0.2, 0.25) is 15.9 Å². The van der Waals surface area contributed by atoms with Crippen LogP contribution in [0.2, 0.25) is 0 Å². The number of sulfonamides is 1. The second kappa shape index (κ2) is 8.79. The van der Waals surface area contributed by atoms with Crippen molar-refractivity contribution in [3.8, 4) is 0 Å². The fourth-order valence-electron chi connectivity index (χ4n) is 3.07. The van der Waals surface area contributed by atoms with Gasteiger partial charge in [-0.1, -0.05) is 17.7 Å². The molecule has 29 heavy (non-hydrogen) atoms. The van der Waals surface area contributed by atoms with Gasteiger partial charge in [0, 0.05) is 24.1 Å². The maximum Gasteiger partial charge on any atom is 0.341 e. The van der Waals surface area contributed by atoms with Gasteiger partial charge in [-0.25, -0.2) is 17.9 Å². The number of hydrogen-bond donors (Lipinski definition) is 2. The van der Waals surface area contributed by atoms with Crippen LogP contribution < -0.4 is 10.0 Å². The summed E-state index contributed by atoms with van der Waals surface area (Å²) in [4.78, 5) is 24.4. The quantitative estimate of drug-likeness (QED) is 0.668. The zero-order valence-corrected chi connectivity index (χ0v) is 18.4. The van der Waals surface area contributed by atoms with Crippen LogP contribution in [0.25, 0.3) is 0 Å². The number of amides is 1. The van der Waals surface area contributed by atoms with E-state index in [4.69, 9.17) is 4.74 Å². The first kappa shape index (κ1) is 22.6. The van der Waals surface area contributed by atoms with Crippen LogP contribution in [0.15, 0.2) is 23.1 Å². The van der Waals surface area contributed by atoms with Crippen LogP contribution in [0.4, 0.5) is 5.69 Å². The molecule has 0 atom stereocenters.